The Balaban J connectivity index is 2.28. The van der Waals surface area contributed by atoms with Crippen molar-refractivity contribution >= 4 is 39.7 Å². The fourth-order valence-electron chi connectivity index (χ4n) is 1.57. The van der Waals surface area contributed by atoms with E-state index >= 15 is 0 Å². The van der Waals surface area contributed by atoms with Crippen molar-refractivity contribution in [2.45, 2.75) is 10.6 Å². The minimum absolute atomic E-state index is 0.159. The van der Waals surface area contributed by atoms with Gasteiger partial charge in [-0.25, -0.2) is 4.39 Å². The standard InChI is InChI=1S/C13H10Cl2FNOS/c14-9-2-4-11(15)13(5-9)19(18)7-8-1-3-10(16)6-12(8)17/h1-6H,7,17H2. The summed E-state index contributed by atoms with van der Waals surface area (Å²) in [6.07, 6.45) is 0. The van der Waals surface area contributed by atoms with Gasteiger partial charge in [0.25, 0.3) is 0 Å². The maximum absolute atomic E-state index is 12.9. The lowest BCUT2D eigenvalue weighted by atomic mass is 10.2. The fraction of sp³-hybridized carbons (Fsp3) is 0.0769. The van der Waals surface area contributed by atoms with Crippen molar-refractivity contribution in [2.24, 2.45) is 0 Å². The molecule has 0 aromatic heterocycles. The number of hydrogen-bond donors (Lipinski definition) is 1. The highest BCUT2D eigenvalue weighted by Gasteiger charge is 2.12. The third-order valence-corrected chi connectivity index (χ3v) is 4.61. The zero-order chi connectivity index (χ0) is 14.0. The summed E-state index contributed by atoms with van der Waals surface area (Å²) in [7, 11) is -1.39. The molecular formula is C13H10Cl2FNOS. The van der Waals surface area contributed by atoms with Crippen molar-refractivity contribution in [1.29, 1.82) is 0 Å². The van der Waals surface area contributed by atoms with Gasteiger partial charge in [0.05, 0.1) is 26.5 Å². The number of benzene rings is 2. The van der Waals surface area contributed by atoms with E-state index in [1.807, 2.05) is 0 Å². The van der Waals surface area contributed by atoms with E-state index in [1.54, 1.807) is 18.2 Å². The third-order valence-electron chi connectivity index (χ3n) is 2.53. The second kappa shape index (κ2) is 5.90. The normalized spacial score (nSPS) is 12.4. The van der Waals surface area contributed by atoms with Crippen LogP contribution in [0.5, 0.6) is 0 Å². The van der Waals surface area contributed by atoms with E-state index in [-0.39, 0.29) is 11.4 Å². The largest absolute Gasteiger partial charge is 0.398 e. The Morgan fingerprint density at radius 2 is 1.89 bits per heavy atom. The van der Waals surface area contributed by atoms with Crippen molar-refractivity contribution in [3.8, 4) is 0 Å². The van der Waals surface area contributed by atoms with E-state index in [1.165, 1.54) is 18.2 Å². The van der Waals surface area contributed by atoms with Gasteiger partial charge in [0.15, 0.2) is 0 Å². The molecule has 1 unspecified atom stereocenters. The first-order chi connectivity index (χ1) is 8.97. The summed E-state index contributed by atoms with van der Waals surface area (Å²) in [5.41, 5.74) is 6.56. The first-order valence-electron chi connectivity index (χ1n) is 5.34. The van der Waals surface area contributed by atoms with Gasteiger partial charge in [-0.05, 0) is 35.9 Å². The van der Waals surface area contributed by atoms with Gasteiger partial charge < -0.3 is 5.73 Å². The van der Waals surface area contributed by atoms with Crippen LogP contribution in [-0.4, -0.2) is 4.21 Å². The molecule has 0 aliphatic heterocycles. The second-order valence-electron chi connectivity index (χ2n) is 3.91. The van der Waals surface area contributed by atoms with Crippen LogP contribution >= 0.6 is 23.2 Å². The van der Waals surface area contributed by atoms with Crippen molar-refractivity contribution in [3.05, 3.63) is 57.8 Å². The highest BCUT2D eigenvalue weighted by atomic mass is 35.5. The summed E-state index contributed by atoms with van der Waals surface area (Å²) in [6, 6.07) is 8.76. The molecule has 0 radical (unpaired) electrons. The highest BCUT2D eigenvalue weighted by molar-refractivity contribution is 7.84. The monoisotopic (exact) mass is 317 g/mol. The fourth-order valence-corrected chi connectivity index (χ4v) is 3.43. The number of nitrogens with two attached hydrogens (primary N) is 1. The van der Waals surface area contributed by atoms with Gasteiger partial charge in [-0.3, -0.25) is 4.21 Å². The number of hydrogen-bond acceptors (Lipinski definition) is 2. The van der Waals surface area contributed by atoms with Crippen LogP contribution in [0.4, 0.5) is 10.1 Å². The predicted molar refractivity (Wildman–Crippen MR) is 77.4 cm³/mol. The molecule has 0 spiro atoms. The zero-order valence-electron chi connectivity index (χ0n) is 9.70. The van der Waals surface area contributed by atoms with Crippen LogP contribution in [0.2, 0.25) is 10.0 Å². The minimum atomic E-state index is -1.39. The zero-order valence-corrected chi connectivity index (χ0v) is 12.0. The summed E-state index contributed by atoms with van der Waals surface area (Å²) in [6.45, 7) is 0. The van der Waals surface area contributed by atoms with E-state index in [9.17, 15) is 8.60 Å². The lowest BCUT2D eigenvalue weighted by Gasteiger charge is -2.08. The molecule has 19 heavy (non-hydrogen) atoms. The Hall–Kier alpha value is -1.10. The SMILES string of the molecule is Nc1cc(F)ccc1CS(=O)c1cc(Cl)ccc1Cl. The molecule has 2 aromatic rings. The van der Waals surface area contributed by atoms with Crippen LogP contribution in [-0.2, 0) is 16.6 Å². The van der Waals surface area contributed by atoms with E-state index in [0.29, 0.717) is 20.5 Å². The van der Waals surface area contributed by atoms with E-state index in [0.717, 1.165) is 0 Å². The van der Waals surface area contributed by atoms with Gasteiger partial charge in [-0.2, -0.15) is 0 Å². The first kappa shape index (κ1) is 14.3. The maximum Gasteiger partial charge on any atom is 0.125 e. The van der Waals surface area contributed by atoms with Crippen molar-refractivity contribution < 1.29 is 8.60 Å². The average molecular weight is 318 g/mol. The lowest BCUT2D eigenvalue weighted by molar-refractivity contribution is 0.628. The number of halogens is 3. The van der Waals surface area contributed by atoms with Crippen LogP contribution in [0.3, 0.4) is 0 Å². The molecule has 2 nitrogen and oxygen atoms in total. The molecule has 2 aromatic carbocycles. The molecule has 2 N–H and O–H groups in total. The lowest BCUT2D eigenvalue weighted by Crippen LogP contribution is -2.01. The molecule has 0 amide bonds. The van der Waals surface area contributed by atoms with Crippen molar-refractivity contribution in [3.63, 3.8) is 0 Å². The van der Waals surface area contributed by atoms with E-state index in [2.05, 4.69) is 0 Å². The smallest absolute Gasteiger partial charge is 0.125 e. The summed E-state index contributed by atoms with van der Waals surface area (Å²) in [5.74, 6) is -0.264. The summed E-state index contributed by atoms with van der Waals surface area (Å²) in [4.78, 5) is 0.442. The van der Waals surface area contributed by atoms with Gasteiger partial charge in [0.2, 0.25) is 0 Å². The Kier molecular flexibility index (Phi) is 4.45. The van der Waals surface area contributed by atoms with Crippen LogP contribution in [0.15, 0.2) is 41.3 Å². The van der Waals surface area contributed by atoms with Crippen LogP contribution in [0.1, 0.15) is 5.56 Å². The molecule has 0 fully saturated rings. The minimum Gasteiger partial charge on any atom is -0.398 e. The second-order valence-corrected chi connectivity index (χ2v) is 6.17. The molecule has 0 bridgehead atoms. The Morgan fingerprint density at radius 1 is 1.16 bits per heavy atom. The molecular weight excluding hydrogens is 308 g/mol. The Labute approximate surface area is 122 Å². The van der Waals surface area contributed by atoms with Crippen LogP contribution < -0.4 is 5.73 Å². The molecule has 1 atom stereocenters. The van der Waals surface area contributed by atoms with E-state index < -0.39 is 16.6 Å². The number of anilines is 1. The third kappa shape index (κ3) is 3.47. The van der Waals surface area contributed by atoms with Gasteiger partial charge in [-0.15, -0.1) is 0 Å². The topological polar surface area (TPSA) is 43.1 Å². The molecule has 0 aliphatic rings. The average Bonchev–Trinajstić information content (AvgIpc) is 2.35. The molecule has 0 heterocycles. The van der Waals surface area contributed by atoms with Crippen LogP contribution in [0, 0.1) is 5.82 Å². The van der Waals surface area contributed by atoms with Gasteiger partial charge in [0, 0.05) is 10.7 Å². The van der Waals surface area contributed by atoms with Gasteiger partial charge >= 0.3 is 0 Å². The van der Waals surface area contributed by atoms with E-state index in [4.69, 9.17) is 28.9 Å². The summed E-state index contributed by atoms with van der Waals surface area (Å²) in [5, 5.41) is 0.836. The van der Waals surface area contributed by atoms with Gasteiger partial charge in [0.1, 0.15) is 5.82 Å². The molecule has 6 heteroatoms. The molecule has 100 valence electrons. The number of nitrogen functional groups attached to an aromatic ring is 1. The maximum atomic E-state index is 12.9. The summed E-state index contributed by atoms with van der Waals surface area (Å²) < 4.78 is 25.2. The van der Waals surface area contributed by atoms with Crippen molar-refractivity contribution in [1.82, 2.24) is 0 Å². The molecule has 0 saturated heterocycles. The van der Waals surface area contributed by atoms with Crippen molar-refractivity contribution in [2.75, 3.05) is 5.73 Å². The highest BCUT2D eigenvalue weighted by Crippen LogP contribution is 2.26. The quantitative estimate of drug-likeness (QED) is 0.869. The number of rotatable bonds is 3. The Morgan fingerprint density at radius 3 is 2.58 bits per heavy atom. The molecule has 0 aliphatic carbocycles. The Bertz CT molecular complexity index is 649. The predicted octanol–water partition coefficient (Wildman–Crippen LogP) is 4.02. The molecule has 2 rings (SSSR count). The molecule has 0 saturated carbocycles. The first-order valence-corrected chi connectivity index (χ1v) is 7.42. The van der Waals surface area contributed by atoms with Gasteiger partial charge in [-0.1, -0.05) is 29.3 Å². The van der Waals surface area contributed by atoms with Crippen LogP contribution in [0.25, 0.3) is 0 Å². The summed E-state index contributed by atoms with van der Waals surface area (Å²) >= 11 is 11.8.